The number of ether oxygens (including phenoxy) is 1. The summed E-state index contributed by atoms with van der Waals surface area (Å²) in [5.74, 6) is -0.757. The summed E-state index contributed by atoms with van der Waals surface area (Å²) in [5, 5.41) is 0.809. The van der Waals surface area contributed by atoms with Gasteiger partial charge in [0.1, 0.15) is 0 Å². The van der Waals surface area contributed by atoms with E-state index in [-0.39, 0.29) is 11.5 Å². The zero-order valence-corrected chi connectivity index (χ0v) is 18.8. The third-order valence-corrected chi connectivity index (χ3v) is 10.3. The number of alkyl halides is 1. The molecular formula is C25H27ClO2Si. The Balaban J connectivity index is 2.18. The van der Waals surface area contributed by atoms with E-state index in [1.807, 2.05) is 54.6 Å². The highest BCUT2D eigenvalue weighted by molar-refractivity contribution is 6.91. The number of carbonyl (C=O) groups is 1. The van der Waals surface area contributed by atoms with Gasteiger partial charge in [-0.15, -0.1) is 11.6 Å². The third kappa shape index (κ3) is 4.63. The summed E-state index contributed by atoms with van der Waals surface area (Å²) in [6.45, 7) is 4.62. The van der Waals surface area contributed by atoms with Crippen LogP contribution in [0.3, 0.4) is 0 Å². The van der Waals surface area contributed by atoms with E-state index in [2.05, 4.69) is 49.5 Å². The summed E-state index contributed by atoms with van der Waals surface area (Å²) in [4.78, 5) is 13.1. The van der Waals surface area contributed by atoms with Gasteiger partial charge in [0, 0.05) is 0 Å². The van der Waals surface area contributed by atoms with Gasteiger partial charge in [-0.3, -0.25) is 4.79 Å². The first-order chi connectivity index (χ1) is 14.0. The standard InChI is InChI=1S/C25H27ClO2Si/c1-28-25(27)22(23(26)19-13-7-4-8-14-19)24(20-15-9-5-10-16-20)29(2,3)21-17-11-6-12-18-21/h4-18,22-24H,1-3H3/t22-,23+,24-/m0/s1. The fourth-order valence-corrected chi connectivity index (χ4v) is 8.36. The van der Waals surface area contributed by atoms with Gasteiger partial charge >= 0.3 is 5.97 Å². The van der Waals surface area contributed by atoms with Crippen LogP contribution in [0.25, 0.3) is 0 Å². The highest BCUT2D eigenvalue weighted by Gasteiger charge is 2.46. The number of methoxy groups -OCH3 is 1. The molecule has 3 atom stereocenters. The molecule has 0 aromatic heterocycles. The van der Waals surface area contributed by atoms with Crippen LogP contribution in [0.4, 0.5) is 0 Å². The molecule has 0 saturated heterocycles. The lowest BCUT2D eigenvalue weighted by molar-refractivity contribution is -0.145. The predicted octanol–water partition coefficient (Wildman–Crippen LogP) is 5.69. The van der Waals surface area contributed by atoms with Crippen LogP contribution in [-0.4, -0.2) is 21.2 Å². The fraction of sp³-hybridized carbons (Fsp3) is 0.240. The molecule has 0 saturated carbocycles. The van der Waals surface area contributed by atoms with E-state index in [9.17, 15) is 4.79 Å². The summed E-state index contributed by atoms with van der Waals surface area (Å²) in [5.41, 5.74) is 2.02. The molecule has 150 valence electrons. The van der Waals surface area contributed by atoms with Gasteiger partial charge in [-0.05, 0) is 16.7 Å². The van der Waals surface area contributed by atoms with Crippen LogP contribution in [-0.2, 0) is 9.53 Å². The largest absolute Gasteiger partial charge is 0.469 e. The summed E-state index contributed by atoms with van der Waals surface area (Å²) < 4.78 is 5.29. The molecule has 0 bridgehead atoms. The first-order valence-electron chi connectivity index (χ1n) is 9.84. The second kappa shape index (κ2) is 9.42. The SMILES string of the molecule is COC(=O)[C@@H]([C@H](Cl)c1ccccc1)[C@H](c1ccccc1)[Si](C)(C)c1ccccc1. The Labute approximate surface area is 179 Å². The average Bonchev–Trinajstić information content (AvgIpc) is 2.78. The van der Waals surface area contributed by atoms with Gasteiger partial charge in [-0.25, -0.2) is 0 Å². The van der Waals surface area contributed by atoms with Crippen LogP contribution in [0.2, 0.25) is 13.1 Å². The van der Waals surface area contributed by atoms with Gasteiger partial charge in [-0.2, -0.15) is 0 Å². The molecule has 4 heteroatoms. The first-order valence-corrected chi connectivity index (χ1v) is 13.4. The maximum absolute atomic E-state index is 13.1. The van der Waals surface area contributed by atoms with Crippen molar-refractivity contribution in [2.24, 2.45) is 5.92 Å². The van der Waals surface area contributed by atoms with Gasteiger partial charge < -0.3 is 4.74 Å². The average molecular weight is 423 g/mol. The van der Waals surface area contributed by atoms with Crippen molar-refractivity contribution in [1.82, 2.24) is 0 Å². The number of esters is 1. The lowest BCUT2D eigenvalue weighted by atomic mass is 9.91. The number of benzene rings is 3. The Bertz CT molecular complexity index is 913. The summed E-state index contributed by atoms with van der Waals surface area (Å²) in [6.07, 6.45) is 0. The second-order valence-electron chi connectivity index (χ2n) is 7.84. The third-order valence-electron chi connectivity index (χ3n) is 5.72. The molecule has 0 spiro atoms. The van der Waals surface area contributed by atoms with E-state index in [0.717, 1.165) is 11.1 Å². The molecule has 0 fully saturated rings. The van der Waals surface area contributed by atoms with Crippen LogP contribution >= 0.6 is 11.6 Å². The number of carbonyl (C=O) groups excluding carboxylic acids is 1. The monoisotopic (exact) mass is 422 g/mol. The number of hydrogen-bond donors (Lipinski definition) is 0. The van der Waals surface area contributed by atoms with Crippen LogP contribution in [0, 0.1) is 5.92 Å². The molecule has 3 rings (SSSR count). The van der Waals surface area contributed by atoms with E-state index in [4.69, 9.17) is 16.3 Å². The Hall–Kier alpha value is -2.36. The minimum absolute atomic E-state index is 0.0405. The molecule has 2 nitrogen and oxygen atoms in total. The van der Waals surface area contributed by atoms with Crippen molar-refractivity contribution in [3.63, 3.8) is 0 Å². The topological polar surface area (TPSA) is 26.3 Å². The molecule has 3 aromatic rings. The Kier molecular flexibility index (Phi) is 6.94. The molecule has 3 aromatic carbocycles. The molecule has 0 amide bonds. The molecule has 0 N–H and O–H groups in total. The summed E-state index contributed by atoms with van der Waals surface area (Å²) in [7, 11) is -0.725. The van der Waals surface area contributed by atoms with Crippen molar-refractivity contribution in [3.05, 3.63) is 102 Å². The predicted molar refractivity (Wildman–Crippen MR) is 123 cm³/mol. The Morgan fingerprint density at radius 3 is 1.72 bits per heavy atom. The molecule has 29 heavy (non-hydrogen) atoms. The molecular weight excluding hydrogens is 396 g/mol. The summed E-state index contributed by atoms with van der Waals surface area (Å²) in [6, 6.07) is 30.6. The lowest BCUT2D eigenvalue weighted by Gasteiger charge is -2.39. The van der Waals surface area contributed by atoms with Gasteiger partial charge in [0.15, 0.2) is 0 Å². The van der Waals surface area contributed by atoms with E-state index in [0.29, 0.717) is 0 Å². The van der Waals surface area contributed by atoms with E-state index in [1.165, 1.54) is 12.3 Å². The lowest BCUT2D eigenvalue weighted by Crippen LogP contribution is -2.52. The van der Waals surface area contributed by atoms with Crippen LogP contribution < -0.4 is 5.19 Å². The van der Waals surface area contributed by atoms with Crippen molar-refractivity contribution in [2.75, 3.05) is 7.11 Å². The minimum Gasteiger partial charge on any atom is -0.469 e. The van der Waals surface area contributed by atoms with Gasteiger partial charge in [0.25, 0.3) is 0 Å². The highest BCUT2D eigenvalue weighted by Crippen LogP contribution is 2.44. The Morgan fingerprint density at radius 1 is 0.793 bits per heavy atom. The number of hydrogen-bond acceptors (Lipinski definition) is 2. The molecule has 0 aliphatic carbocycles. The zero-order valence-electron chi connectivity index (χ0n) is 17.1. The molecule has 0 aliphatic heterocycles. The molecule has 0 radical (unpaired) electrons. The molecule has 0 aliphatic rings. The smallest absolute Gasteiger partial charge is 0.310 e. The zero-order chi connectivity index (χ0) is 20.9. The van der Waals surface area contributed by atoms with E-state index in [1.54, 1.807) is 0 Å². The van der Waals surface area contributed by atoms with Gasteiger partial charge in [0.2, 0.25) is 0 Å². The highest BCUT2D eigenvalue weighted by atomic mass is 35.5. The molecule has 0 heterocycles. The fourth-order valence-electron chi connectivity index (χ4n) is 4.19. The van der Waals surface area contributed by atoms with Crippen LogP contribution in [0.15, 0.2) is 91.0 Å². The maximum atomic E-state index is 13.1. The maximum Gasteiger partial charge on any atom is 0.310 e. The summed E-state index contributed by atoms with van der Waals surface area (Å²) >= 11 is 7.01. The van der Waals surface area contributed by atoms with Crippen molar-refractivity contribution in [1.29, 1.82) is 0 Å². The van der Waals surface area contributed by atoms with Crippen LogP contribution in [0.1, 0.15) is 22.0 Å². The normalized spacial score (nSPS) is 14.6. The minimum atomic E-state index is -2.17. The second-order valence-corrected chi connectivity index (χ2v) is 13.0. The number of rotatable bonds is 7. The van der Waals surface area contributed by atoms with Crippen molar-refractivity contribution < 1.29 is 9.53 Å². The van der Waals surface area contributed by atoms with E-state index >= 15 is 0 Å². The van der Waals surface area contributed by atoms with Crippen molar-refractivity contribution in [2.45, 2.75) is 24.0 Å². The van der Waals surface area contributed by atoms with Crippen LogP contribution in [0.5, 0.6) is 0 Å². The van der Waals surface area contributed by atoms with Crippen molar-refractivity contribution >= 4 is 30.8 Å². The first kappa shape index (κ1) is 21.3. The van der Waals surface area contributed by atoms with Crippen molar-refractivity contribution in [3.8, 4) is 0 Å². The van der Waals surface area contributed by atoms with E-state index < -0.39 is 19.4 Å². The quantitative estimate of drug-likeness (QED) is 0.277. The van der Waals surface area contributed by atoms with Gasteiger partial charge in [0.05, 0.1) is 26.5 Å². The Morgan fingerprint density at radius 2 is 1.24 bits per heavy atom. The molecule has 0 unspecified atom stereocenters. The van der Waals surface area contributed by atoms with Gasteiger partial charge in [-0.1, -0.05) is 109 Å². The number of halogens is 1.